The lowest BCUT2D eigenvalue weighted by Crippen LogP contribution is -2.30. The van der Waals surface area contributed by atoms with Gasteiger partial charge in [0, 0.05) is 12.5 Å². The monoisotopic (exact) mass is 361 g/mol. The minimum absolute atomic E-state index is 0. The molecule has 2 aromatic rings. The molecule has 4 N–H and O–H groups in total. The lowest BCUT2D eigenvalue weighted by atomic mass is 10.1. The van der Waals surface area contributed by atoms with E-state index in [1.165, 1.54) is 0 Å². The number of anilines is 1. The summed E-state index contributed by atoms with van der Waals surface area (Å²) in [6.07, 6.45) is 0. The minimum atomic E-state index is -0.315. The van der Waals surface area contributed by atoms with E-state index in [1.54, 1.807) is 31.2 Å². The van der Waals surface area contributed by atoms with Crippen molar-refractivity contribution < 1.29 is 9.59 Å². The number of hydrogen-bond acceptors (Lipinski definition) is 3. The predicted octanol–water partition coefficient (Wildman–Crippen LogP) is 3.13. The van der Waals surface area contributed by atoms with Crippen LogP contribution in [0.4, 0.5) is 5.69 Å². The highest BCUT2D eigenvalue weighted by Crippen LogP contribution is 2.18. The highest BCUT2D eigenvalue weighted by atomic mass is 35.5. The van der Waals surface area contributed by atoms with Crippen LogP contribution in [0, 0.1) is 5.92 Å². The molecule has 0 aliphatic carbocycles. The van der Waals surface area contributed by atoms with Gasteiger partial charge in [-0.05, 0) is 24.6 Å². The maximum absolute atomic E-state index is 12.6. The van der Waals surface area contributed by atoms with Gasteiger partial charge in [0.05, 0.1) is 17.3 Å². The number of carbonyl (C=O) groups excluding carboxylic acids is 2. The molecule has 2 rings (SSSR count). The third-order valence-corrected chi connectivity index (χ3v) is 3.88. The first-order chi connectivity index (χ1) is 11.5. The Hall–Kier alpha value is -2.37. The molecular weight excluding hydrogens is 338 g/mol. The molecule has 2 aromatic carbocycles. The molecule has 0 fully saturated rings. The quantitative estimate of drug-likeness (QED) is 0.739. The van der Waals surface area contributed by atoms with Crippen LogP contribution in [0.5, 0.6) is 0 Å². The van der Waals surface area contributed by atoms with E-state index in [0.29, 0.717) is 11.3 Å². The fourth-order valence-electron chi connectivity index (χ4n) is 2.25. The van der Waals surface area contributed by atoms with Gasteiger partial charge in [-0.3, -0.25) is 9.59 Å². The van der Waals surface area contributed by atoms with Crippen molar-refractivity contribution in [2.75, 3.05) is 11.9 Å². The SMILES string of the molecule is CC(CN)C(=O)Nc1ccccc1C(=O)NC(C)c1ccccc1.Cl. The molecule has 0 saturated heterocycles. The van der Waals surface area contributed by atoms with Gasteiger partial charge in [0.15, 0.2) is 0 Å². The Morgan fingerprint density at radius 2 is 1.60 bits per heavy atom. The Bertz CT molecular complexity index is 707. The molecule has 0 heterocycles. The van der Waals surface area contributed by atoms with E-state index in [-0.39, 0.29) is 42.7 Å². The van der Waals surface area contributed by atoms with Crippen molar-refractivity contribution in [1.29, 1.82) is 0 Å². The maximum atomic E-state index is 12.6. The van der Waals surface area contributed by atoms with Crippen LogP contribution in [0.1, 0.15) is 35.8 Å². The van der Waals surface area contributed by atoms with Gasteiger partial charge in [-0.2, -0.15) is 0 Å². The average Bonchev–Trinajstić information content (AvgIpc) is 2.62. The van der Waals surface area contributed by atoms with Crippen molar-refractivity contribution in [1.82, 2.24) is 5.32 Å². The summed E-state index contributed by atoms with van der Waals surface area (Å²) in [4.78, 5) is 24.6. The summed E-state index contributed by atoms with van der Waals surface area (Å²) in [5.74, 6) is -0.749. The number of nitrogens with two attached hydrogens (primary N) is 1. The molecular formula is C19H24ClN3O2. The molecule has 5 nitrogen and oxygen atoms in total. The lowest BCUT2D eigenvalue weighted by Gasteiger charge is -2.17. The van der Waals surface area contributed by atoms with Gasteiger partial charge < -0.3 is 16.4 Å². The zero-order valence-corrected chi connectivity index (χ0v) is 15.2. The van der Waals surface area contributed by atoms with E-state index >= 15 is 0 Å². The van der Waals surface area contributed by atoms with Crippen LogP contribution in [0.3, 0.4) is 0 Å². The second kappa shape index (κ2) is 9.81. The second-order valence-electron chi connectivity index (χ2n) is 5.78. The normalized spacial score (nSPS) is 12.4. The van der Waals surface area contributed by atoms with Crippen molar-refractivity contribution in [3.63, 3.8) is 0 Å². The second-order valence-corrected chi connectivity index (χ2v) is 5.78. The summed E-state index contributed by atoms with van der Waals surface area (Å²) in [5.41, 5.74) is 7.45. The Morgan fingerprint density at radius 3 is 2.24 bits per heavy atom. The first-order valence-corrected chi connectivity index (χ1v) is 7.98. The Balaban J connectivity index is 0.00000312. The molecule has 2 unspecified atom stereocenters. The fourth-order valence-corrected chi connectivity index (χ4v) is 2.25. The van der Waals surface area contributed by atoms with E-state index in [2.05, 4.69) is 10.6 Å². The molecule has 134 valence electrons. The van der Waals surface area contributed by atoms with Crippen molar-refractivity contribution >= 4 is 29.9 Å². The molecule has 0 aliphatic rings. The average molecular weight is 362 g/mol. The summed E-state index contributed by atoms with van der Waals surface area (Å²) in [5, 5.41) is 5.73. The number of para-hydroxylation sites is 1. The molecule has 0 bridgehead atoms. The zero-order chi connectivity index (χ0) is 17.5. The van der Waals surface area contributed by atoms with E-state index in [4.69, 9.17) is 5.73 Å². The largest absolute Gasteiger partial charge is 0.345 e. The Morgan fingerprint density at radius 1 is 1.00 bits per heavy atom. The smallest absolute Gasteiger partial charge is 0.253 e. The molecule has 0 aromatic heterocycles. The molecule has 0 spiro atoms. The van der Waals surface area contributed by atoms with Crippen molar-refractivity contribution in [3.8, 4) is 0 Å². The fraction of sp³-hybridized carbons (Fsp3) is 0.263. The van der Waals surface area contributed by atoms with E-state index < -0.39 is 0 Å². The standard InChI is InChI=1S/C19H23N3O2.ClH/c1-13(12-20)18(23)22-17-11-7-6-10-16(17)19(24)21-14(2)15-8-4-3-5-9-15;/h3-11,13-14H,12,20H2,1-2H3,(H,21,24)(H,22,23);1H. The number of amides is 2. The van der Waals surface area contributed by atoms with Gasteiger partial charge >= 0.3 is 0 Å². The summed E-state index contributed by atoms with van der Waals surface area (Å²) >= 11 is 0. The first kappa shape index (κ1) is 20.7. The van der Waals surface area contributed by atoms with Crippen LogP contribution in [-0.2, 0) is 4.79 Å². The molecule has 25 heavy (non-hydrogen) atoms. The molecule has 0 saturated carbocycles. The molecule has 0 aliphatic heterocycles. The summed E-state index contributed by atoms with van der Waals surface area (Å²) in [7, 11) is 0. The van der Waals surface area contributed by atoms with Crippen molar-refractivity contribution in [2.24, 2.45) is 11.7 Å². The van der Waals surface area contributed by atoms with E-state index in [9.17, 15) is 9.59 Å². The highest BCUT2D eigenvalue weighted by molar-refractivity contribution is 6.04. The predicted molar refractivity (Wildman–Crippen MR) is 103 cm³/mol. The number of halogens is 1. The number of hydrogen-bond donors (Lipinski definition) is 3. The zero-order valence-electron chi connectivity index (χ0n) is 14.4. The van der Waals surface area contributed by atoms with E-state index in [0.717, 1.165) is 5.56 Å². The van der Waals surface area contributed by atoms with Crippen LogP contribution < -0.4 is 16.4 Å². The number of nitrogens with one attached hydrogen (secondary N) is 2. The highest BCUT2D eigenvalue weighted by Gasteiger charge is 2.17. The minimum Gasteiger partial charge on any atom is -0.345 e. The first-order valence-electron chi connectivity index (χ1n) is 7.98. The Labute approximate surface area is 154 Å². The summed E-state index contributed by atoms with van der Waals surface area (Å²) in [6.45, 7) is 3.92. The van der Waals surface area contributed by atoms with Crippen molar-refractivity contribution in [2.45, 2.75) is 19.9 Å². The lowest BCUT2D eigenvalue weighted by molar-refractivity contribution is -0.119. The van der Waals surface area contributed by atoms with Crippen LogP contribution >= 0.6 is 12.4 Å². The third kappa shape index (κ3) is 5.59. The van der Waals surface area contributed by atoms with Crippen molar-refractivity contribution in [3.05, 3.63) is 65.7 Å². The maximum Gasteiger partial charge on any atom is 0.253 e. The van der Waals surface area contributed by atoms with Gasteiger partial charge in [-0.25, -0.2) is 0 Å². The summed E-state index contributed by atoms with van der Waals surface area (Å²) < 4.78 is 0. The van der Waals surface area contributed by atoms with Gasteiger partial charge in [0.2, 0.25) is 5.91 Å². The molecule has 2 amide bonds. The third-order valence-electron chi connectivity index (χ3n) is 3.88. The molecule has 6 heteroatoms. The summed E-state index contributed by atoms with van der Waals surface area (Å²) in [6, 6.07) is 16.5. The van der Waals surface area contributed by atoms with Crippen LogP contribution in [0.2, 0.25) is 0 Å². The van der Waals surface area contributed by atoms with Gasteiger partial charge in [-0.15, -0.1) is 12.4 Å². The van der Waals surface area contributed by atoms with E-state index in [1.807, 2.05) is 37.3 Å². The molecule has 0 radical (unpaired) electrons. The van der Waals surface area contributed by atoms with Gasteiger partial charge in [0.25, 0.3) is 5.91 Å². The van der Waals surface area contributed by atoms with Crippen LogP contribution in [0.15, 0.2) is 54.6 Å². The molecule has 2 atom stereocenters. The Kier molecular flexibility index (Phi) is 8.11. The van der Waals surface area contributed by atoms with Gasteiger partial charge in [0.1, 0.15) is 0 Å². The van der Waals surface area contributed by atoms with Crippen LogP contribution in [-0.4, -0.2) is 18.4 Å². The topological polar surface area (TPSA) is 84.2 Å². The number of carbonyl (C=O) groups is 2. The number of benzene rings is 2. The number of rotatable bonds is 6. The van der Waals surface area contributed by atoms with Crippen LogP contribution in [0.25, 0.3) is 0 Å². The van der Waals surface area contributed by atoms with Gasteiger partial charge in [-0.1, -0.05) is 49.4 Å².